The zero-order valence-corrected chi connectivity index (χ0v) is 8.97. The first-order chi connectivity index (χ1) is 6.72. The molecule has 0 unspecified atom stereocenters. The quantitative estimate of drug-likeness (QED) is 0.668. The van der Waals surface area contributed by atoms with E-state index in [0.717, 1.165) is 32.1 Å². The van der Waals surface area contributed by atoms with Crippen molar-refractivity contribution in [3.63, 3.8) is 0 Å². The molecule has 2 saturated carbocycles. The molecule has 2 aliphatic rings. The number of aliphatic hydroxyl groups excluding tert-OH is 1. The summed E-state index contributed by atoms with van der Waals surface area (Å²) in [6.45, 7) is 0.184. The molecule has 2 rings (SSSR count). The zero-order valence-electron chi connectivity index (χ0n) is 8.97. The van der Waals surface area contributed by atoms with Gasteiger partial charge in [-0.3, -0.25) is 0 Å². The molecular formula is C12H22O2. The Hall–Kier alpha value is -0.0800. The fraction of sp³-hybridized carbons (Fsp3) is 1.00. The molecule has 0 aromatic rings. The molecule has 2 heteroatoms. The van der Waals surface area contributed by atoms with Gasteiger partial charge in [-0.2, -0.15) is 0 Å². The minimum atomic E-state index is -0.522. The van der Waals surface area contributed by atoms with Gasteiger partial charge in [-0.1, -0.05) is 25.7 Å². The van der Waals surface area contributed by atoms with Gasteiger partial charge in [-0.25, -0.2) is 0 Å². The first kappa shape index (κ1) is 10.4. The van der Waals surface area contributed by atoms with Gasteiger partial charge in [0.2, 0.25) is 0 Å². The lowest BCUT2D eigenvalue weighted by Crippen LogP contribution is -2.55. The van der Waals surface area contributed by atoms with Crippen molar-refractivity contribution in [2.45, 2.75) is 63.4 Å². The van der Waals surface area contributed by atoms with Gasteiger partial charge in [0.25, 0.3) is 0 Å². The van der Waals surface area contributed by atoms with E-state index in [-0.39, 0.29) is 12.0 Å². The summed E-state index contributed by atoms with van der Waals surface area (Å²) in [6.07, 6.45) is 9.93. The molecule has 0 radical (unpaired) electrons. The van der Waals surface area contributed by atoms with Crippen LogP contribution in [0.2, 0.25) is 0 Å². The van der Waals surface area contributed by atoms with E-state index in [2.05, 4.69) is 0 Å². The van der Waals surface area contributed by atoms with Crippen LogP contribution in [0, 0.1) is 5.41 Å². The largest absolute Gasteiger partial charge is 0.396 e. The monoisotopic (exact) mass is 198 g/mol. The Balaban J connectivity index is 2.13. The molecule has 0 spiro atoms. The van der Waals surface area contributed by atoms with Crippen LogP contribution in [-0.2, 0) is 0 Å². The summed E-state index contributed by atoms with van der Waals surface area (Å²) in [5.74, 6) is 0. The van der Waals surface area contributed by atoms with Crippen molar-refractivity contribution in [3.8, 4) is 0 Å². The summed E-state index contributed by atoms with van der Waals surface area (Å²) in [6, 6.07) is 0. The highest BCUT2D eigenvalue weighted by Gasteiger charge is 2.52. The topological polar surface area (TPSA) is 40.5 Å². The SMILES string of the molecule is OCC1(C2(O)CCC2)CCCCCC1. The highest BCUT2D eigenvalue weighted by Crippen LogP contribution is 2.52. The number of hydrogen-bond acceptors (Lipinski definition) is 2. The smallest absolute Gasteiger partial charge is 0.0725 e. The molecule has 2 aliphatic carbocycles. The van der Waals surface area contributed by atoms with Gasteiger partial charge < -0.3 is 10.2 Å². The van der Waals surface area contributed by atoms with Crippen molar-refractivity contribution in [1.29, 1.82) is 0 Å². The van der Waals surface area contributed by atoms with Crippen LogP contribution < -0.4 is 0 Å². The summed E-state index contributed by atoms with van der Waals surface area (Å²) in [5, 5.41) is 20.1. The van der Waals surface area contributed by atoms with Gasteiger partial charge in [0.1, 0.15) is 0 Å². The van der Waals surface area contributed by atoms with E-state index in [1.165, 1.54) is 25.7 Å². The molecule has 82 valence electrons. The molecule has 0 aromatic carbocycles. The Morgan fingerprint density at radius 1 is 0.786 bits per heavy atom. The van der Waals surface area contributed by atoms with E-state index >= 15 is 0 Å². The minimum Gasteiger partial charge on any atom is -0.396 e. The average molecular weight is 198 g/mol. The van der Waals surface area contributed by atoms with Crippen molar-refractivity contribution in [2.75, 3.05) is 6.61 Å². The van der Waals surface area contributed by atoms with Crippen molar-refractivity contribution in [3.05, 3.63) is 0 Å². The average Bonchev–Trinajstić information content (AvgIpc) is 2.40. The van der Waals surface area contributed by atoms with Crippen LogP contribution in [0.1, 0.15) is 57.8 Å². The molecule has 0 bridgehead atoms. The second-order valence-corrected chi connectivity index (χ2v) is 5.24. The second kappa shape index (κ2) is 3.82. The molecule has 2 fully saturated rings. The van der Waals surface area contributed by atoms with Gasteiger partial charge >= 0.3 is 0 Å². The lowest BCUT2D eigenvalue weighted by Gasteiger charge is -2.52. The molecule has 14 heavy (non-hydrogen) atoms. The van der Waals surface area contributed by atoms with Crippen LogP contribution >= 0.6 is 0 Å². The van der Waals surface area contributed by atoms with Crippen LogP contribution in [0.3, 0.4) is 0 Å². The van der Waals surface area contributed by atoms with Crippen LogP contribution in [0.4, 0.5) is 0 Å². The van der Waals surface area contributed by atoms with Gasteiger partial charge in [-0.15, -0.1) is 0 Å². The molecule has 0 heterocycles. The third-order valence-corrected chi connectivity index (χ3v) is 4.53. The third kappa shape index (κ3) is 1.49. The van der Waals surface area contributed by atoms with E-state index in [1.807, 2.05) is 0 Å². The summed E-state index contributed by atoms with van der Waals surface area (Å²) >= 11 is 0. The maximum absolute atomic E-state index is 10.5. The lowest BCUT2D eigenvalue weighted by atomic mass is 9.58. The molecule has 2 nitrogen and oxygen atoms in total. The molecule has 0 saturated heterocycles. The Kier molecular flexibility index (Phi) is 2.85. The molecule has 2 N–H and O–H groups in total. The molecular weight excluding hydrogens is 176 g/mol. The Morgan fingerprint density at radius 2 is 1.36 bits per heavy atom. The van der Waals surface area contributed by atoms with E-state index < -0.39 is 5.60 Å². The molecule has 0 amide bonds. The van der Waals surface area contributed by atoms with Crippen LogP contribution in [-0.4, -0.2) is 22.4 Å². The summed E-state index contributed by atoms with van der Waals surface area (Å²) in [4.78, 5) is 0. The minimum absolute atomic E-state index is 0.151. The van der Waals surface area contributed by atoms with E-state index in [4.69, 9.17) is 0 Å². The number of aliphatic hydroxyl groups is 2. The first-order valence-corrected chi connectivity index (χ1v) is 6.06. The van der Waals surface area contributed by atoms with E-state index in [1.54, 1.807) is 0 Å². The van der Waals surface area contributed by atoms with Gasteiger partial charge in [-0.05, 0) is 32.1 Å². The molecule has 0 aliphatic heterocycles. The molecule has 0 aromatic heterocycles. The maximum Gasteiger partial charge on any atom is 0.0725 e. The fourth-order valence-electron chi connectivity index (χ4n) is 3.22. The Bertz CT molecular complexity index is 188. The predicted molar refractivity (Wildman–Crippen MR) is 56.0 cm³/mol. The normalized spacial score (nSPS) is 30.4. The fourth-order valence-corrected chi connectivity index (χ4v) is 3.22. The maximum atomic E-state index is 10.5. The van der Waals surface area contributed by atoms with Gasteiger partial charge in [0, 0.05) is 5.41 Å². The summed E-state index contributed by atoms with van der Waals surface area (Å²) in [7, 11) is 0. The van der Waals surface area contributed by atoms with Crippen molar-refractivity contribution in [1.82, 2.24) is 0 Å². The van der Waals surface area contributed by atoms with Crippen LogP contribution in [0.5, 0.6) is 0 Å². The summed E-state index contributed by atoms with van der Waals surface area (Å²) < 4.78 is 0. The van der Waals surface area contributed by atoms with E-state index in [0.29, 0.717) is 0 Å². The van der Waals surface area contributed by atoms with Crippen LogP contribution in [0.25, 0.3) is 0 Å². The highest BCUT2D eigenvalue weighted by molar-refractivity contribution is 5.04. The standard InChI is InChI=1S/C12H22O2/c13-10-11(12(14)8-5-9-12)6-3-1-2-4-7-11/h13-14H,1-10H2. The third-order valence-electron chi connectivity index (χ3n) is 4.53. The van der Waals surface area contributed by atoms with Crippen molar-refractivity contribution >= 4 is 0 Å². The number of hydrogen-bond donors (Lipinski definition) is 2. The molecule has 0 atom stereocenters. The zero-order chi connectivity index (χ0) is 10.1. The Morgan fingerprint density at radius 3 is 1.71 bits per heavy atom. The second-order valence-electron chi connectivity index (χ2n) is 5.24. The van der Waals surface area contributed by atoms with Crippen molar-refractivity contribution < 1.29 is 10.2 Å². The number of rotatable bonds is 2. The van der Waals surface area contributed by atoms with Crippen molar-refractivity contribution in [2.24, 2.45) is 5.41 Å². The highest BCUT2D eigenvalue weighted by atomic mass is 16.3. The lowest BCUT2D eigenvalue weighted by molar-refractivity contribution is -0.164. The van der Waals surface area contributed by atoms with Gasteiger partial charge in [0.05, 0.1) is 12.2 Å². The van der Waals surface area contributed by atoms with Gasteiger partial charge in [0.15, 0.2) is 0 Å². The Labute approximate surface area is 86.3 Å². The predicted octanol–water partition coefficient (Wildman–Crippen LogP) is 2.23. The first-order valence-electron chi connectivity index (χ1n) is 6.06. The van der Waals surface area contributed by atoms with Crippen LogP contribution in [0.15, 0.2) is 0 Å². The summed E-state index contributed by atoms with van der Waals surface area (Å²) in [5.41, 5.74) is -0.673. The van der Waals surface area contributed by atoms with E-state index in [9.17, 15) is 10.2 Å².